The first-order chi connectivity index (χ1) is 7.09. The van der Waals surface area contributed by atoms with E-state index in [4.69, 9.17) is 0 Å². The summed E-state index contributed by atoms with van der Waals surface area (Å²) < 4.78 is 0. The van der Waals surface area contributed by atoms with E-state index in [0.717, 1.165) is 17.6 Å². The molecule has 0 aromatic heterocycles. The lowest BCUT2D eigenvalue weighted by Crippen LogP contribution is -1.85. The van der Waals surface area contributed by atoms with Crippen LogP contribution in [0.3, 0.4) is 0 Å². The minimum Gasteiger partial charge on any atom is -0.0958 e. The summed E-state index contributed by atoms with van der Waals surface area (Å²) in [6.45, 7) is 12.3. The molecular formula is C15H16. The zero-order chi connectivity index (χ0) is 11.0. The third kappa shape index (κ3) is 1.68. The zero-order valence-corrected chi connectivity index (χ0v) is 9.43. The van der Waals surface area contributed by atoms with Gasteiger partial charge in [0.1, 0.15) is 0 Å². The van der Waals surface area contributed by atoms with E-state index < -0.39 is 0 Å². The van der Waals surface area contributed by atoms with Crippen LogP contribution in [-0.2, 0) is 0 Å². The molecule has 0 nitrogen and oxygen atoms in total. The molecule has 0 aliphatic heterocycles. The molecule has 2 aliphatic carbocycles. The van der Waals surface area contributed by atoms with Crippen molar-refractivity contribution < 1.29 is 0 Å². The summed E-state index contributed by atoms with van der Waals surface area (Å²) in [6.07, 6.45) is 9.72. The van der Waals surface area contributed by atoms with Crippen molar-refractivity contribution in [3.8, 4) is 0 Å². The normalized spacial score (nSPS) is 19.7. The van der Waals surface area contributed by atoms with Crippen LogP contribution in [0.2, 0.25) is 0 Å². The highest BCUT2D eigenvalue weighted by Crippen LogP contribution is 2.34. The highest BCUT2D eigenvalue weighted by Gasteiger charge is 2.15. The van der Waals surface area contributed by atoms with Crippen LogP contribution in [0.25, 0.3) is 0 Å². The Kier molecular flexibility index (Phi) is 2.36. The van der Waals surface area contributed by atoms with Crippen molar-refractivity contribution >= 4 is 0 Å². The van der Waals surface area contributed by atoms with Crippen LogP contribution in [0, 0.1) is 0 Å². The van der Waals surface area contributed by atoms with Crippen molar-refractivity contribution in [2.24, 2.45) is 0 Å². The van der Waals surface area contributed by atoms with Crippen molar-refractivity contribution in [3.63, 3.8) is 0 Å². The van der Waals surface area contributed by atoms with Gasteiger partial charge in [0.15, 0.2) is 0 Å². The van der Waals surface area contributed by atoms with Crippen LogP contribution in [-0.4, -0.2) is 0 Å². The predicted molar refractivity (Wildman–Crippen MR) is 66.6 cm³/mol. The van der Waals surface area contributed by atoms with Gasteiger partial charge in [0.2, 0.25) is 0 Å². The minimum atomic E-state index is 0.981. The molecule has 0 spiro atoms. The summed E-state index contributed by atoms with van der Waals surface area (Å²) in [6, 6.07) is 0. The second-order valence-corrected chi connectivity index (χ2v) is 4.23. The van der Waals surface area contributed by atoms with E-state index in [2.05, 4.69) is 51.3 Å². The fourth-order valence-electron chi connectivity index (χ4n) is 1.95. The molecule has 0 heterocycles. The van der Waals surface area contributed by atoms with Crippen LogP contribution in [0.5, 0.6) is 0 Å². The van der Waals surface area contributed by atoms with Gasteiger partial charge < -0.3 is 0 Å². The van der Waals surface area contributed by atoms with Gasteiger partial charge in [-0.1, -0.05) is 43.0 Å². The molecule has 0 saturated carbocycles. The molecule has 2 rings (SSSR count). The monoisotopic (exact) mass is 196 g/mol. The van der Waals surface area contributed by atoms with Crippen molar-refractivity contribution in [3.05, 3.63) is 70.9 Å². The SMILES string of the molecule is C=C(C)C1=CC2=C(C=CC2=C)C(C)=CC1. The van der Waals surface area contributed by atoms with Crippen LogP contribution < -0.4 is 0 Å². The molecule has 15 heavy (non-hydrogen) atoms. The number of hydrogen-bond acceptors (Lipinski definition) is 0. The smallest absolute Gasteiger partial charge is 0.00889 e. The summed E-state index contributed by atoms with van der Waals surface area (Å²) in [4.78, 5) is 0. The lowest BCUT2D eigenvalue weighted by atomic mass is 10.0. The van der Waals surface area contributed by atoms with Crippen LogP contribution in [0.1, 0.15) is 20.3 Å². The van der Waals surface area contributed by atoms with Crippen LogP contribution in [0.4, 0.5) is 0 Å². The maximum atomic E-state index is 4.06. The summed E-state index contributed by atoms with van der Waals surface area (Å²) >= 11 is 0. The van der Waals surface area contributed by atoms with Gasteiger partial charge >= 0.3 is 0 Å². The van der Waals surface area contributed by atoms with Gasteiger partial charge in [0, 0.05) is 0 Å². The van der Waals surface area contributed by atoms with Gasteiger partial charge in [-0.3, -0.25) is 0 Å². The number of allylic oxidation sites excluding steroid dienone is 10. The van der Waals surface area contributed by atoms with Crippen LogP contribution >= 0.6 is 0 Å². The second-order valence-electron chi connectivity index (χ2n) is 4.23. The second kappa shape index (κ2) is 3.54. The van der Waals surface area contributed by atoms with E-state index in [0.29, 0.717) is 0 Å². The third-order valence-corrected chi connectivity index (χ3v) is 3.01. The molecule has 0 amide bonds. The van der Waals surface area contributed by atoms with Gasteiger partial charge in [0.25, 0.3) is 0 Å². The Labute approximate surface area is 91.7 Å². The Morgan fingerprint density at radius 2 is 2.00 bits per heavy atom. The summed E-state index contributed by atoms with van der Waals surface area (Å²) in [5.74, 6) is 0. The molecule has 76 valence electrons. The fraction of sp³-hybridized carbons (Fsp3) is 0.200. The van der Waals surface area contributed by atoms with Gasteiger partial charge in [-0.25, -0.2) is 0 Å². The molecular weight excluding hydrogens is 180 g/mol. The van der Waals surface area contributed by atoms with E-state index in [1.165, 1.54) is 22.3 Å². The van der Waals surface area contributed by atoms with E-state index >= 15 is 0 Å². The maximum absolute atomic E-state index is 4.06. The predicted octanol–water partition coefficient (Wildman–Crippen LogP) is 4.26. The highest BCUT2D eigenvalue weighted by atomic mass is 14.2. The molecule has 0 aromatic rings. The van der Waals surface area contributed by atoms with Gasteiger partial charge in [-0.15, -0.1) is 0 Å². The molecule has 0 aromatic carbocycles. The minimum absolute atomic E-state index is 0.981. The quantitative estimate of drug-likeness (QED) is 0.587. The average Bonchev–Trinajstić information content (AvgIpc) is 2.43. The third-order valence-electron chi connectivity index (χ3n) is 3.01. The topological polar surface area (TPSA) is 0 Å². The average molecular weight is 196 g/mol. The molecule has 2 aliphatic rings. The molecule has 0 fully saturated rings. The van der Waals surface area contributed by atoms with Gasteiger partial charge in [-0.05, 0) is 48.1 Å². The molecule has 0 N–H and O–H groups in total. The van der Waals surface area contributed by atoms with Gasteiger partial charge in [0.05, 0.1) is 0 Å². The lowest BCUT2D eigenvalue weighted by Gasteiger charge is -2.04. The zero-order valence-electron chi connectivity index (χ0n) is 9.43. The highest BCUT2D eigenvalue weighted by molar-refractivity contribution is 5.65. The Hall–Kier alpha value is -1.56. The lowest BCUT2D eigenvalue weighted by molar-refractivity contribution is 1.20. The maximum Gasteiger partial charge on any atom is -0.00889 e. The molecule has 0 unspecified atom stereocenters. The van der Waals surface area contributed by atoms with Gasteiger partial charge in [-0.2, -0.15) is 0 Å². The molecule has 0 atom stereocenters. The van der Waals surface area contributed by atoms with E-state index in [9.17, 15) is 0 Å². The summed E-state index contributed by atoms with van der Waals surface area (Å²) in [7, 11) is 0. The Morgan fingerprint density at radius 3 is 2.67 bits per heavy atom. The Morgan fingerprint density at radius 1 is 1.27 bits per heavy atom. The molecule has 0 bridgehead atoms. The van der Waals surface area contributed by atoms with E-state index in [1.807, 2.05) is 0 Å². The van der Waals surface area contributed by atoms with E-state index in [-0.39, 0.29) is 0 Å². The Bertz CT molecular complexity index is 462. The largest absolute Gasteiger partial charge is 0.0958 e. The molecule has 0 saturated heterocycles. The summed E-state index contributed by atoms with van der Waals surface area (Å²) in [5.41, 5.74) is 7.48. The molecule has 0 heteroatoms. The fourth-order valence-corrected chi connectivity index (χ4v) is 1.95. The first-order valence-electron chi connectivity index (χ1n) is 5.25. The first-order valence-corrected chi connectivity index (χ1v) is 5.25. The number of hydrogen-bond donors (Lipinski definition) is 0. The Balaban J connectivity index is 2.55. The number of rotatable bonds is 1. The van der Waals surface area contributed by atoms with Crippen molar-refractivity contribution in [1.82, 2.24) is 0 Å². The summed E-state index contributed by atoms with van der Waals surface area (Å²) in [5, 5.41) is 0. The standard InChI is InChI=1S/C15H16/c1-10(2)13-7-5-11(3)14-8-6-12(4)15(14)9-13/h5-6,8-9H,1,4,7H2,2-3H3. The van der Waals surface area contributed by atoms with Crippen molar-refractivity contribution in [2.75, 3.05) is 0 Å². The van der Waals surface area contributed by atoms with Crippen molar-refractivity contribution in [2.45, 2.75) is 20.3 Å². The first kappa shape index (κ1) is 9.97. The van der Waals surface area contributed by atoms with E-state index in [1.54, 1.807) is 0 Å². The molecule has 0 radical (unpaired) electrons. The van der Waals surface area contributed by atoms with Crippen molar-refractivity contribution in [1.29, 1.82) is 0 Å². The van der Waals surface area contributed by atoms with Crippen LogP contribution in [0.15, 0.2) is 70.9 Å².